The van der Waals surface area contributed by atoms with Crippen molar-refractivity contribution in [2.24, 2.45) is 0 Å². The lowest BCUT2D eigenvalue weighted by molar-refractivity contribution is 1.24. The van der Waals surface area contributed by atoms with Crippen LogP contribution in [0.4, 0.5) is 34.1 Å². The zero-order valence-corrected chi connectivity index (χ0v) is 23.9. The second-order valence-corrected chi connectivity index (χ2v) is 10.8. The summed E-state index contributed by atoms with van der Waals surface area (Å²) in [6.45, 7) is 0. The van der Waals surface area contributed by atoms with Crippen LogP contribution in [-0.2, 0) is 0 Å². The minimum atomic E-state index is 1.01. The molecule has 7 aromatic carbocycles. The number of halogens is 1. The minimum absolute atomic E-state index is 1.01. The second-order valence-electron chi connectivity index (χ2n) is 9.98. The summed E-state index contributed by atoms with van der Waals surface area (Å²) < 4.78 is 1.01. The maximum atomic E-state index is 4.10. The van der Waals surface area contributed by atoms with Gasteiger partial charge in [-0.05, 0) is 86.7 Å². The van der Waals surface area contributed by atoms with Gasteiger partial charge in [0, 0.05) is 22.4 Å². The zero-order chi connectivity index (χ0) is 27.6. The van der Waals surface area contributed by atoms with Crippen molar-refractivity contribution in [3.63, 3.8) is 0 Å². The van der Waals surface area contributed by atoms with Crippen LogP contribution >= 0.6 is 15.9 Å². The molecule has 0 amide bonds. The van der Waals surface area contributed by atoms with Crippen LogP contribution in [0.2, 0.25) is 0 Å². The lowest BCUT2D eigenvalue weighted by Crippen LogP contribution is -2.14. The minimum Gasteiger partial charge on any atom is -0.309 e. The van der Waals surface area contributed by atoms with Gasteiger partial charge in [0.2, 0.25) is 0 Å². The molecule has 7 aromatic rings. The van der Waals surface area contributed by atoms with Crippen LogP contribution in [0.25, 0.3) is 21.5 Å². The van der Waals surface area contributed by atoms with Gasteiger partial charge in [-0.1, -0.05) is 109 Å². The molecule has 0 radical (unpaired) electrons. The quantitative estimate of drug-likeness (QED) is 0.190. The predicted octanol–water partition coefficient (Wildman–Crippen LogP) is 11.7. The highest BCUT2D eigenvalue weighted by Crippen LogP contribution is 2.48. The molecular formula is C38H27BrN2. The highest BCUT2D eigenvalue weighted by Gasteiger charge is 2.22. The van der Waals surface area contributed by atoms with Gasteiger partial charge < -0.3 is 9.80 Å². The Kier molecular flexibility index (Phi) is 6.72. The van der Waals surface area contributed by atoms with E-state index >= 15 is 0 Å². The van der Waals surface area contributed by atoms with Gasteiger partial charge in [-0.3, -0.25) is 0 Å². The number of hydrogen-bond donors (Lipinski definition) is 0. The van der Waals surface area contributed by atoms with Crippen LogP contribution in [0.1, 0.15) is 0 Å². The summed E-state index contributed by atoms with van der Waals surface area (Å²) in [5, 5.41) is 4.83. The molecule has 0 N–H and O–H groups in total. The fourth-order valence-electron chi connectivity index (χ4n) is 5.56. The molecule has 0 unspecified atom stereocenters. The molecule has 0 aliphatic rings. The van der Waals surface area contributed by atoms with Gasteiger partial charge in [-0.25, -0.2) is 0 Å². The number of rotatable bonds is 6. The molecule has 0 aliphatic carbocycles. The van der Waals surface area contributed by atoms with Crippen molar-refractivity contribution in [1.29, 1.82) is 0 Å². The van der Waals surface area contributed by atoms with E-state index < -0.39 is 0 Å². The number of benzene rings is 7. The third-order valence-corrected chi connectivity index (χ3v) is 8.28. The van der Waals surface area contributed by atoms with Crippen LogP contribution in [-0.4, -0.2) is 0 Å². The Hall–Kier alpha value is -4.86. The maximum absolute atomic E-state index is 4.10. The van der Waals surface area contributed by atoms with Crippen molar-refractivity contribution < 1.29 is 0 Å². The fraction of sp³-hybridized carbons (Fsp3) is 0. The highest BCUT2D eigenvalue weighted by molar-refractivity contribution is 9.10. The van der Waals surface area contributed by atoms with E-state index in [0.717, 1.165) is 38.6 Å². The molecule has 0 saturated heterocycles. The Morgan fingerprint density at radius 2 is 0.854 bits per heavy atom. The van der Waals surface area contributed by atoms with Crippen LogP contribution in [0.5, 0.6) is 0 Å². The fourth-order valence-corrected chi connectivity index (χ4v) is 6.18. The van der Waals surface area contributed by atoms with Gasteiger partial charge >= 0.3 is 0 Å². The Morgan fingerprint density at radius 1 is 0.341 bits per heavy atom. The van der Waals surface area contributed by atoms with E-state index in [4.69, 9.17) is 0 Å². The van der Waals surface area contributed by atoms with Crippen molar-refractivity contribution in [3.8, 4) is 0 Å². The highest BCUT2D eigenvalue weighted by atomic mass is 79.9. The summed E-state index contributed by atoms with van der Waals surface area (Å²) in [6, 6.07) is 57.9. The molecule has 0 saturated carbocycles. The zero-order valence-electron chi connectivity index (χ0n) is 22.4. The number of nitrogens with zero attached hydrogens (tertiary/aromatic N) is 2. The van der Waals surface area contributed by atoms with E-state index in [-0.39, 0.29) is 0 Å². The lowest BCUT2D eigenvalue weighted by Gasteiger charge is -2.31. The predicted molar refractivity (Wildman–Crippen MR) is 179 cm³/mol. The molecule has 7 rings (SSSR count). The first kappa shape index (κ1) is 25.1. The van der Waals surface area contributed by atoms with Gasteiger partial charge in [-0.15, -0.1) is 0 Å². The Morgan fingerprint density at radius 3 is 1.56 bits per heavy atom. The second kappa shape index (κ2) is 11.0. The molecule has 2 nitrogen and oxygen atoms in total. The lowest BCUT2D eigenvalue weighted by atomic mass is 10.0. The summed E-state index contributed by atoms with van der Waals surface area (Å²) in [6.07, 6.45) is 0. The summed E-state index contributed by atoms with van der Waals surface area (Å²) >= 11 is 4.10. The molecule has 0 aliphatic heterocycles. The number of para-hydroxylation sites is 2. The van der Waals surface area contributed by atoms with E-state index in [1.807, 2.05) is 0 Å². The van der Waals surface area contributed by atoms with Crippen molar-refractivity contribution >= 4 is 71.6 Å². The van der Waals surface area contributed by atoms with Crippen LogP contribution in [0.3, 0.4) is 0 Å². The molecule has 41 heavy (non-hydrogen) atoms. The first-order valence-corrected chi connectivity index (χ1v) is 14.5. The van der Waals surface area contributed by atoms with Gasteiger partial charge in [0.25, 0.3) is 0 Å². The van der Waals surface area contributed by atoms with Crippen molar-refractivity contribution in [2.75, 3.05) is 9.80 Å². The van der Waals surface area contributed by atoms with E-state index in [1.54, 1.807) is 0 Å². The first-order chi connectivity index (χ1) is 20.3. The third kappa shape index (κ3) is 4.75. The molecule has 0 fully saturated rings. The monoisotopic (exact) mass is 590 g/mol. The average molecular weight is 592 g/mol. The maximum Gasteiger partial charge on any atom is 0.0656 e. The number of hydrogen-bond acceptors (Lipinski definition) is 2. The van der Waals surface area contributed by atoms with Gasteiger partial charge in [0.05, 0.1) is 21.5 Å². The Balaban J connectivity index is 1.48. The summed E-state index contributed by atoms with van der Waals surface area (Å²) in [7, 11) is 0. The van der Waals surface area contributed by atoms with Gasteiger partial charge in [-0.2, -0.15) is 0 Å². The summed E-state index contributed by atoms with van der Waals surface area (Å²) in [5.74, 6) is 0. The van der Waals surface area contributed by atoms with E-state index in [0.29, 0.717) is 0 Å². The van der Waals surface area contributed by atoms with E-state index in [1.165, 1.54) is 21.5 Å². The van der Waals surface area contributed by atoms with Crippen LogP contribution in [0, 0.1) is 0 Å². The molecular weight excluding hydrogens is 564 g/mol. The topological polar surface area (TPSA) is 6.48 Å². The standard InChI is InChI=1S/C38H27BrN2/c39-38-36(40(31-17-3-1-4-18-31)32-19-5-2-6-20-32)23-12-24-37(38)41(33-26-25-28-13-7-8-15-30(28)27-33)35-22-11-16-29-14-9-10-21-34(29)35/h1-27H. The van der Waals surface area contributed by atoms with Crippen molar-refractivity contribution in [1.82, 2.24) is 0 Å². The molecule has 0 aromatic heterocycles. The van der Waals surface area contributed by atoms with Crippen LogP contribution < -0.4 is 9.80 Å². The molecule has 0 bridgehead atoms. The average Bonchev–Trinajstić information content (AvgIpc) is 3.04. The van der Waals surface area contributed by atoms with Crippen molar-refractivity contribution in [2.45, 2.75) is 0 Å². The Labute approximate surface area is 248 Å². The molecule has 0 heterocycles. The molecule has 0 spiro atoms. The SMILES string of the molecule is Brc1c(N(c2ccccc2)c2ccccc2)cccc1N(c1ccc2ccccc2c1)c1cccc2ccccc12. The van der Waals surface area contributed by atoms with Gasteiger partial charge in [0.1, 0.15) is 0 Å². The van der Waals surface area contributed by atoms with Gasteiger partial charge in [0.15, 0.2) is 0 Å². The molecule has 196 valence electrons. The third-order valence-electron chi connectivity index (χ3n) is 7.47. The largest absolute Gasteiger partial charge is 0.309 e. The first-order valence-electron chi connectivity index (χ1n) is 13.7. The Bertz CT molecular complexity index is 1920. The summed E-state index contributed by atoms with van der Waals surface area (Å²) in [4.78, 5) is 4.67. The molecule has 0 atom stereocenters. The van der Waals surface area contributed by atoms with Crippen molar-refractivity contribution in [3.05, 3.63) is 168 Å². The number of fused-ring (bicyclic) bond motifs is 2. The van der Waals surface area contributed by atoms with Crippen LogP contribution in [0.15, 0.2) is 168 Å². The van der Waals surface area contributed by atoms with E-state index in [2.05, 4.69) is 190 Å². The number of anilines is 6. The van der Waals surface area contributed by atoms with E-state index in [9.17, 15) is 0 Å². The summed E-state index contributed by atoms with van der Waals surface area (Å²) in [5.41, 5.74) is 6.54. The molecule has 3 heteroatoms. The normalized spacial score (nSPS) is 11.0. The smallest absolute Gasteiger partial charge is 0.0656 e.